The fraction of sp³-hybridized carbons (Fsp3) is 1.00. The molecule has 0 N–H and O–H groups in total. The van der Waals surface area contributed by atoms with Gasteiger partial charge in [0.2, 0.25) is 10.0 Å². The van der Waals surface area contributed by atoms with Gasteiger partial charge in [0.1, 0.15) is 0 Å². The van der Waals surface area contributed by atoms with Crippen LogP contribution in [0.25, 0.3) is 0 Å². The summed E-state index contributed by atoms with van der Waals surface area (Å²) in [5.41, 5.74) is 0. The largest absolute Gasteiger partial charge is 0.384 e. The van der Waals surface area contributed by atoms with Gasteiger partial charge < -0.3 is 4.74 Å². The zero-order valence-electron chi connectivity index (χ0n) is 9.06. The van der Waals surface area contributed by atoms with E-state index in [0.717, 1.165) is 6.42 Å². The van der Waals surface area contributed by atoms with Crippen LogP contribution in [0.15, 0.2) is 0 Å². The minimum atomic E-state index is -3.07. The molecule has 4 nitrogen and oxygen atoms in total. The van der Waals surface area contributed by atoms with Crippen molar-refractivity contribution in [1.82, 2.24) is 4.31 Å². The van der Waals surface area contributed by atoms with Crippen molar-refractivity contribution in [3.8, 4) is 0 Å². The molecule has 0 radical (unpaired) electrons. The minimum absolute atomic E-state index is 0.104. The summed E-state index contributed by atoms with van der Waals surface area (Å²) in [6, 6.07) is 0.205. The Bertz CT molecular complexity index is 274. The molecule has 1 saturated heterocycles. The quantitative estimate of drug-likeness (QED) is 0.686. The summed E-state index contributed by atoms with van der Waals surface area (Å²) in [6.45, 7) is 5.07. The Kier molecular flexibility index (Phi) is 3.92. The molecule has 0 aromatic carbocycles. The third-order valence-electron chi connectivity index (χ3n) is 2.69. The highest BCUT2D eigenvalue weighted by Gasteiger charge is 2.38. The Balaban J connectivity index is 2.56. The van der Waals surface area contributed by atoms with Crippen LogP contribution in [0.3, 0.4) is 0 Å². The van der Waals surface area contributed by atoms with Crippen molar-refractivity contribution < 1.29 is 13.2 Å². The number of sulfonamides is 1. The Hall–Kier alpha value is -0.130. The highest BCUT2D eigenvalue weighted by Crippen LogP contribution is 2.27. The molecule has 1 rings (SSSR count). The van der Waals surface area contributed by atoms with Crippen molar-refractivity contribution in [1.29, 1.82) is 0 Å². The topological polar surface area (TPSA) is 46.6 Å². The molecule has 0 saturated carbocycles. The van der Waals surface area contributed by atoms with Crippen LogP contribution >= 0.6 is 0 Å². The van der Waals surface area contributed by atoms with Gasteiger partial charge in [0.05, 0.1) is 12.4 Å². The first-order valence-corrected chi connectivity index (χ1v) is 6.58. The lowest BCUT2D eigenvalue weighted by Gasteiger charge is -2.42. The van der Waals surface area contributed by atoms with Crippen LogP contribution in [-0.2, 0) is 14.8 Å². The van der Waals surface area contributed by atoms with Gasteiger partial charge in [-0.15, -0.1) is 0 Å². The predicted octanol–water partition coefficient (Wildman–Crippen LogP) is 0.693. The number of ether oxygens (including phenoxy) is 1. The monoisotopic (exact) mass is 221 g/mol. The molecular weight excluding hydrogens is 202 g/mol. The molecule has 1 unspecified atom stereocenters. The normalized spacial score (nSPS) is 23.9. The molecular formula is C9H19NO3S. The van der Waals surface area contributed by atoms with Gasteiger partial charge >= 0.3 is 0 Å². The van der Waals surface area contributed by atoms with Gasteiger partial charge in [-0.05, 0) is 12.3 Å². The van der Waals surface area contributed by atoms with Crippen LogP contribution in [0.5, 0.6) is 0 Å². The Morgan fingerprint density at radius 3 is 2.50 bits per heavy atom. The zero-order chi connectivity index (χ0) is 10.8. The average Bonchev–Trinajstić information content (AvgIpc) is 1.96. The summed E-state index contributed by atoms with van der Waals surface area (Å²) in [5, 5.41) is 0. The Morgan fingerprint density at radius 1 is 1.50 bits per heavy atom. The van der Waals surface area contributed by atoms with E-state index < -0.39 is 10.0 Å². The van der Waals surface area contributed by atoms with E-state index >= 15 is 0 Å². The van der Waals surface area contributed by atoms with Crippen molar-refractivity contribution >= 4 is 10.0 Å². The first-order chi connectivity index (χ1) is 6.49. The molecule has 0 aromatic heterocycles. The average molecular weight is 221 g/mol. The van der Waals surface area contributed by atoms with Crippen molar-refractivity contribution in [2.45, 2.75) is 26.3 Å². The summed E-state index contributed by atoms with van der Waals surface area (Å²) in [4.78, 5) is 0. The van der Waals surface area contributed by atoms with E-state index in [2.05, 4.69) is 13.8 Å². The predicted molar refractivity (Wildman–Crippen MR) is 55.6 cm³/mol. The summed E-state index contributed by atoms with van der Waals surface area (Å²) >= 11 is 0. The lowest BCUT2D eigenvalue weighted by molar-refractivity contribution is 0.147. The second kappa shape index (κ2) is 4.59. The van der Waals surface area contributed by atoms with Crippen LogP contribution in [0.4, 0.5) is 0 Å². The second-order valence-corrected chi connectivity index (χ2v) is 6.06. The van der Waals surface area contributed by atoms with E-state index in [1.807, 2.05) is 0 Å². The standard InChI is InChI=1S/C9H19NO3S/c1-8(2)9-4-5-10(9)14(11,12)7-6-13-3/h8-9H,4-7H2,1-3H3. The molecule has 1 fully saturated rings. The van der Waals surface area contributed by atoms with Crippen molar-refractivity contribution in [2.75, 3.05) is 26.0 Å². The molecule has 0 spiro atoms. The first kappa shape index (κ1) is 11.9. The van der Waals surface area contributed by atoms with Crippen molar-refractivity contribution in [3.63, 3.8) is 0 Å². The Labute approximate surface area is 86.3 Å². The van der Waals surface area contributed by atoms with Crippen LogP contribution in [0.1, 0.15) is 20.3 Å². The van der Waals surface area contributed by atoms with Gasteiger partial charge in [-0.3, -0.25) is 0 Å². The number of hydrogen-bond acceptors (Lipinski definition) is 3. The maximum absolute atomic E-state index is 11.7. The summed E-state index contributed by atoms with van der Waals surface area (Å²) in [7, 11) is -1.55. The van der Waals surface area contributed by atoms with Crippen LogP contribution in [0.2, 0.25) is 0 Å². The van der Waals surface area contributed by atoms with Crippen LogP contribution in [-0.4, -0.2) is 44.8 Å². The fourth-order valence-corrected chi connectivity index (χ4v) is 3.46. The van der Waals surface area contributed by atoms with Crippen molar-refractivity contribution in [3.05, 3.63) is 0 Å². The van der Waals surface area contributed by atoms with Gasteiger partial charge in [0.25, 0.3) is 0 Å². The van der Waals surface area contributed by atoms with Crippen LogP contribution in [0, 0.1) is 5.92 Å². The van der Waals surface area contributed by atoms with Crippen molar-refractivity contribution in [2.24, 2.45) is 5.92 Å². The first-order valence-electron chi connectivity index (χ1n) is 4.97. The highest BCUT2D eigenvalue weighted by molar-refractivity contribution is 7.89. The molecule has 0 amide bonds. The summed E-state index contributed by atoms with van der Waals surface area (Å²) < 4.78 is 29.9. The van der Waals surface area contributed by atoms with E-state index in [4.69, 9.17) is 4.74 Å². The molecule has 0 aromatic rings. The van der Waals surface area contributed by atoms with E-state index in [1.165, 1.54) is 7.11 Å². The smallest absolute Gasteiger partial charge is 0.216 e. The lowest BCUT2D eigenvalue weighted by Crippen LogP contribution is -2.54. The summed E-state index contributed by atoms with van der Waals surface area (Å²) in [6.07, 6.45) is 0.990. The SMILES string of the molecule is COCCS(=O)(=O)N1CCC1C(C)C. The lowest BCUT2D eigenvalue weighted by atomic mass is 9.95. The van der Waals surface area contributed by atoms with Gasteiger partial charge in [-0.2, -0.15) is 4.31 Å². The molecule has 5 heteroatoms. The second-order valence-electron chi connectivity index (χ2n) is 4.02. The van der Waals surface area contributed by atoms with E-state index in [-0.39, 0.29) is 18.4 Å². The fourth-order valence-electron chi connectivity index (χ4n) is 1.70. The molecule has 0 bridgehead atoms. The van der Waals surface area contributed by atoms with Gasteiger partial charge in [-0.1, -0.05) is 13.8 Å². The van der Waals surface area contributed by atoms with Crippen LogP contribution < -0.4 is 0 Å². The molecule has 0 aliphatic carbocycles. The van der Waals surface area contributed by atoms with Gasteiger partial charge in [0.15, 0.2) is 0 Å². The highest BCUT2D eigenvalue weighted by atomic mass is 32.2. The molecule has 1 atom stereocenters. The van der Waals surface area contributed by atoms with E-state index in [9.17, 15) is 8.42 Å². The number of hydrogen-bond donors (Lipinski definition) is 0. The number of nitrogens with zero attached hydrogens (tertiary/aromatic N) is 1. The third-order valence-corrected chi connectivity index (χ3v) is 4.54. The third kappa shape index (κ3) is 2.46. The number of rotatable bonds is 5. The van der Waals surface area contributed by atoms with Gasteiger partial charge in [-0.25, -0.2) is 8.42 Å². The van der Waals surface area contributed by atoms with Gasteiger partial charge in [0, 0.05) is 19.7 Å². The molecule has 1 aliphatic rings. The molecule has 14 heavy (non-hydrogen) atoms. The minimum Gasteiger partial charge on any atom is -0.384 e. The molecule has 1 heterocycles. The summed E-state index contributed by atoms with van der Waals surface area (Å²) in [5.74, 6) is 0.508. The van der Waals surface area contributed by atoms with E-state index in [0.29, 0.717) is 12.5 Å². The molecule has 1 aliphatic heterocycles. The number of methoxy groups -OCH3 is 1. The zero-order valence-corrected chi connectivity index (χ0v) is 9.88. The Morgan fingerprint density at radius 2 is 2.14 bits per heavy atom. The maximum Gasteiger partial charge on any atom is 0.216 e. The molecule has 84 valence electrons. The maximum atomic E-state index is 11.7. The van der Waals surface area contributed by atoms with E-state index in [1.54, 1.807) is 4.31 Å².